The minimum atomic E-state index is -1.02. The molecule has 0 unspecified atom stereocenters. The molecule has 2 amide bonds. The summed E-state index contributed by atoms with van der Waals surface area (Å²) in [4.78, 5) is 23.9. The smallest absolute Gasteiger partial charge is 0.326 e. The predicted octanol–water partition coefficient (Wildman–Crippen LogP) is 2.74. The maximum absolute atomic E-state index is 11.8. The predicted molar refractivity (Wildman–Crippen MR) is 84.8 cm³/mol. The van der Waals surface area contributed by atoms with Crippen LogP contribution in [0.15, 0.2) is 29.2 Å². The zero-order valence-electron chi connectivity index (χ0n) is 11.4. The third-order valence-corrected chi connectivity index (χ3v) is 3.91. The third kappa shape index (κ3) is 5.75. The highest BCUT2D eigenvalue weighted by Crippen LogP contribution is 2.18. The molecule has 0 radical (unpaired) electrons. The van der Waals surface area contributed by atoms with Crippen molar-refractivity contribution >= 4 is 41.2 Å². The number of carboxylic acid groups (broad SMARTS) is 1. The monoisotopic (exact) mass is 314 g/mol. The Bertz CT molecular complexity index is 469. The fourth-order valence-electron chi connectivity index (χ4n) is 1.52. The molecule has 0 aromatic heterocycles. The van der Waals surface area contributed by atoms with Crippen LogP contribution >= 0.6 is 23.5 Å². The number of carbonyl (C=O) groups excluding carboxylic acids is 1. The Labute approximate surface area is 126 Å². The van der Waals surface area contributed by atoms with E-state index in [-0.39, 0.29) is 0 Å². The molecule has 7 heteroatoms. The summed E-state index contributed by atoms with van der Waals surface area (Å²) < 4.78 is 0. The standard InChI is InChI=1S/C13H18N2O3S2/c1-19-7-6-11(12(16)17)15-13(18)14-9-4-3-5-10(8-9)20-2/h3-5,8,11H,6-7H2,1-2H3,(H,16,17)(H2,14,15,18)/t11-/m1/s1. The van der Waals surface area contributed by atoms with E-state index in [0.29, 0.717) is 17.9 Å². The van der Waals surface area contributed by atoms with Crippen molar-refractivity contribution in [2.75, 3.05) is 23.6 Å². The summed E-state index contributed by atoms with van der Waals surface area (Å²) in [5.74, 6) is -0.341. The van der Waals surface area contributed by atoms with E-state index in [2.05, 4.69) is 10.6 Å². The summed E-state index contributed by atoms with van der Waals surface area (Å²) in [5.41, 5.74) is 0.642. The molecule has 1 rings (SSSR count). The Morgan fingerprint density at radius 1 is 1.35 bits per heavy atom. The SMILES string of the molecule is CSCC[C@@H](NC(=O)Nc1cccc(SC)c1)C(=O)O. The van der Waals surface area contributed by atoms with E-state index in [9.17, 15) is 9.59 Å². The molecule has 1 aromatic rings. The Hall–Kier alpha value is -1.34. The molecule has 5 nitrogen and oxygen atoms in total. The highest BCUT2D eigenvalue weighted by atomic mass is 32.2. The third-order valence-electron chi connectivity index (χ3n) is 2.54. The van der Waals surface area contributed by atoms with Gasteiger partial charge < -0.3 is 15.7 Å². The lowest BCUT2D eigenvalue weighted by Gasteiger charge is -2.14. The van der Waals surface area contributed by atoms with Crippen LogP contribution in [0.5, 0.6) is 0 Å². The van der Waals surface area contributed by atoms with Gasteiger partial charge in [0.25, 0.3) is 0 Å². The molecule has 0 fully saturated rings. The lowest BCUT2D eigenvalue weighted by Crippen LogP contribution is -2.43. The van der Waals surface area contributed by atoms with Crippen LogP contribution in [0.1, 0.15) is 6.42 Å². The molecule has 1 aromatic carbocycles. The largest absolute Gasteiger partial charge is 0.480 e. The van der Waals surface area contributed by atoms with Crippen molar-refractivity contribution < 1.29 is 14.7 Å². The molecule has 3 N–H and O–H groups in total. The topological polar surface area (TPSA) is 78.4 Å². The Balaban J connectivity index is 2.58. The van der Waals surface area contributed by atoms with Crippen LogP contribution in [0.4, 0.5) is 10.5 Å². The lowest BCUT2D eigenvalue weighted by atomic mass is 10.2. The van der Waals surface area contributed by atoms with Gasteiger partial charge in [0.05, 0.1) is 0 Å². The van der Waals surface area contributed by atoms with Crippen LogP contribution in [-0.4, -0.2) is 41.4 Å². The van der Waals surface area contributed by atoms with Crippen LogP contribution in [-0.2, 0) is 4.79 Å². The van der Waals surface area contributed by atoms with Crippen molar-refractivity contribution in [1.82, 2.24) is 5.32 Å². The van der Waals surface area contributed by atoms with Crippen molar-refractivity contribution in [2.24, 2.45) is 0 Å². The van der Waals surface area contributed by atoms with Crippen LogP contribution < -0.4 is 10.6 Å². The van der Waals surface area contributed by atoms with Crippen LogP contribution in [0, 0.1) is 0 Å². The first kappa shape index (κ1) is 16.7. The zero-order chi connectivity index (χ0) is 15.0. The first-order chi connectivity index (χ1) is 9.56. The van der Waals surface area contributed by atoms with Gasteiger partial charge in [-0.05, 0) is 42.9 Å². The molecule has 0 bridgehead atoms. The van der Waals surface area contributed by atoms with Crippen LogP contribution in [0.2, 0.25) is 0 Å². The van der Waals surface area contributed by atoms with E-state index < -0.39 is 18.0 Å². The minimum Gasteiger partial charge on any atom is -0.480 e. The summed E-state index contributed by atoms with van der Waals surface area (Å²) in [6.07, 6.45) is 4.24. The van der Waals surface area contributed by atoms with Gasteiger partial charge in [0, 0.05) is 10.6 Å². The number of rotatable bonds is 7. The van der Waals surface area contributed by atoms with Crippen molar-refractivity contribution in [3.63, 3.8) is 0 Å². The Morgan fingerprint density at radius 2 is 2.10 bits per heavy atom. The van der Waals surface area contributed by atoms with Gasteiger partial charge in [-0.1, -0.05) is 6.07 Å². The minimum absolute atomic E-state index is 0.398. The second-order valence-electron chi connectivity index (χ2n) is 4.00. The summed E-state index contributed by atoms with van der Waals surface area (Å²) in [6, 6.07) is 6.00. The van der Waals surface area contributed by atoms with Gasteiger partial charge in [0.2, 0.25) is 0 Å². The van der Waals surface area contributed by atoms with E-state index >= 15 is 0 Å². The van der Waals surface area contributed by atoms with E-state index in [0.717, 1.165) is 4.90 Å². The van der Waals surface area contributed by atoms with Gasteiger partial charge in [-0.25, -0.2) is 9.59 Å². The summed E-state index contributed by atoms with van der Waals surface area (Å²) in [7, 11) is 0. The maximum Gasteiger partial charge on any atom is 0.326 e. The number of urea groups is 1. The van der Waals surface area contributed by atoms with E-state index in [1.54, 1.807) is 29.6 Å². The second kappa shape index (κ2) is 8.76. The van der Waals surface area contributed by atoms with Gasteiger partial charge in [0.15, 0.2) is 0 Å². The first-order valence-corrected chi connectivity index (χ1v) is 8.62. The molecular formula is C13H18N2O3S2. The molecule has 110 valence electrons. The molecule has 0 aliphatic heterocycles. The molecule has 1 atom stereocenters. The average Bonchev–Trinajstić information content (AvgIpc) is 2.43. The second-order valence-corrected chi connectivity index (χ2v) is 5.87. The fourth-order valence-corrected chi connectivity index (χ4v) is 2.45. The number of nitrogens with one attached hydrogen (secondary N) is 2. The molecule has 0 spiro atoms. The molecule has 0 aliphatic rings. The number of thioether (sulfide) groups is 2. The Kier molecular flexibility index (Phi) is 7.32. The van der Waals surface area contributed by atoms with Crippen molar-refractivity contribution in [1.29, 1.82) is 0 Å². The van der Waals surface area contributed by atoms with Gasteiger partial charge in [-0.3, -0.25) is 0 Å². The van der Waals surface area contributed by atoms with E-state index in [1.165, 1.54) is 0 Å². The molecule has 0 saturated heterocycles. The van der Waals surface area contributed by atoms with Crippen molar-refractivity contribution in [3.8, 4) is 0 Å². The number of anilines is 1. The number of amides is 2. The molecule has 20 heavy (non-hydrogen) atoms. The molecule has 0 saturated carbocycles. The lowest BCUT2D eigenvalue weighted by molar-refractivity contribution is -0.139. The van der Waals surface area contributed by atoms with Crippen LogP contribution in [0.25, 0.3) is 0 Å². The van der Waals surface area contributed by atoms with Crippen LogP contribution in [0.3, 0.4) is 0 Å². The summed E-state index contributed by atoms with van der Waals surface area (Å²) >= 11 is 3.12. The van der Waals surface area contributed by atoms with Crippen molar-refractivity contribution in [3.05, 3.63) is 24.3 Å². The normalized spacial score (nSPS) is 11.7. The molecule has 0 heterocycles. The number of aliphatic carboxylic acids is 1. The number of carboxylic acids is 1. The van der Waals surface area contributed by atoms with Crippen molar-refractivity contribution in [2.45, 2.75) is 17.4 Å². The van der Waals surface area contributed by atoms with Gasteiger partial charge >= 0.3 is 12.0 Å². The van der Waals surface area contributed by atoms with Gasteiger partial charge in [0.1, 0.15) is 6.04 Å². The maximum atomic E-state index is 11.8. The summed E-state index contributed by atoms with van der Waals surface area (Å²) in [6.45, 7) is 0. The zero-order valence-corrected chi connectivity index (χ0v) is 13.0. The number of hydrogen-bond donors (Lipinski definition) is 3. The molecular weight excluding hydrogens is 296 g/mol. The number of hydrogen-bond acceptors (Lipinski definition) is 4. The Morgan fingerprint density at radius 3 is 2.70 bits per heavy atom. The number of benzene rings is 1. The molecule has 0 aliphatic carbocycles. The average molecular weight is 314 g/mol. The fraction of sp³-hybridized carbons (Fsp3) is 0.385. The quantitative estimate of drug-likeness (QED) is 0.675. The highest BCUT2D eigenvalue weighted by molar-refractivity contribution is 7.98. The highest BCUT2D eigenvalue weighted by Gasteiger charge is 2.19. The van der Waals surface area contributed by atoms with Gasteiger partial charge in [-0.2, -0.15) is 11.8 Å². The van der Waals surface area contributed by atoms with E-state index in [4.69, 9.17) is 5.11 Å². The first-order valence-electron chi connectivity index (χ1n) is 6.00. The van der Waals surface area contributed by atoms with E-state index in [1.807, 2.05) is 30.7 Å². The number of carbonyl (C=O) groups is 2. The summed E-state index contributed by atoms with van der Waals surface area (Å²) in [5, 5.41) is 14.2. The van der Waals surface area contributed by atoms with Gasteiger partial charge in [-0.15, -0.1) is 11.8 Å².